The lowest BCUT2D eigenvalue weighted by Gasteiger charge is -2.23. The number of nitriles is 1. The van der Waals surface area contributed by atoms with Crippen molar-refractivity contribution in [3.8, 4) is 6.07 Å². The van der Waals surface area contributed by atoms with Crippen molar-refractivity contribution in [3.63, 3.8) is 0 Å². The zero-order chi connectivity index (χ0) is 21.0. The van der Waals surface area contributed by atoms with Gasteiger partial charge in [0.05, 0.1) is 23.1 Å². The van der Waals surface area contributed by atoms with E-state index < -0.39 is 0 Å². The van der Waals surface area contributed by atoms with E-state index in [1.807, 2.05) is 39.0 Å². The average molecular weight is 388 g/mol. The third-order valence-corrected chi connectivity index (χ3v) is 4.76. The lowest BCUT2D eigenvalue weighted by molar-refractivity contribution is 0.0736. The molecule has 1 amide bonds. The highest BCUT2D eigenvalue weighted by Gasteiger charge is 2.22. The van der Waals surface area contributed by atoms with E-state index in [2.05, 4.69) is 11.2 Å². The van der Waals surface area contributed by atoms with Crippen molar-refractivity contribution in [1.82, 2.24) is 14.7 Å². The van der Waals surface area contributed by atoms with Gasteiger partial charge in [0.15, 0.2) is 5.69 Å². The maximum Gasteiger partial charge on any atom is 0.275 e. The van der Waals surface area contributed by atoms with Gasteiger partial charge in [-0.15, -0.1) is 0 Å². The van der Waals surface area contributed by atoms with Gasteiger partial charge in [-0.3, -0.25) is 9.59 Å². The van der Waals surface area contributed by atoms with E-state index in [4.69, 9.17) is 5.26 Å². The van der Waals surface area contributed by atoms with E-state index in [1.54, 1.807) is 35.2 Å². The number of carbonyl (C=O) groups is 1. The number of hydrogen-bond donors (Lipinski definition) is 0. The van der Waals surface area contributed by atoms with Gasteiger partial charge in [0.2, 0.25) is 0 Å². The van der Waals surface area contributed by atoms with Crippen LogP contribution in [0.5, 0.6) is 0 Å². The summed E-state index contributed by atoms with van der Waals surface area (Å²) in [7, 11) is 0. The van der Waals surface area contributed by atoms with Crippen LogP contribution in [0.1, 0.15) is 54.8 Å². The van der Waals surface area contributed by atoms with Gasteiger partial charge in [0.25, 0.3) is 11.5 Å². The number of fused-ring (bicyclic) bond motifs is 1. The van der Waals surface area contributed by atoms with Crippen molar-refractivity contribution in [2.24, 2.45) is 0 Å². The number of nitrogens with zero attached hydrogens (tertiary/aromatic N) is 4. The molecule has 6 heteroatoms. The normalized spacial score (nSPS) is 10.9. The van der Waals surface area contributed by atoms with Crippen molar-refractivity contribution < 1.29 is 4.79 Å². The van der Waals surface area contributed by atoms with Crippen molar-refractivity contribution in [3.05, 3.63) is 75.7 Å². The Morgan fingerprint density at radius 3 is 2.38 bits per heavy atom. The molecule has 0 radical (unpaired) electrons. The molecule has 0 N–H and O–H groups in total. The Hall–Kier alpha value is -3.46. The molecule has 0 spiro atoms. The molecular weight excluding hydrogens is 364 g/mol. The fourth-order valence-corrected chi connectivity index (χ4v) is 3.29. The Labute approximate surface area is 170 Å². The third-order valence-electron chi connectivity index (χ3n) is 4.76. The summed E-state index contributed by atoms with van der Waals surface area (Å²) in [6.07, 6.45) is 0.795. The molecule has 0 fully saturated rings. The van der Waals surface area contributed by atoms with Crippen LogP contribution >= 0.6 is 0 Å². The van der Waals surface area contributed by atoms with Gasteiger partial charge in [0.1, 0.15) is 0 Å². The maximum absolute atomic E-state index is 13.5. The van der Waals surface area contributed by atoms with Crippen LogP contribution in [0, 0.1) is 11.3 Å². The van der Waals surface area contributed by atoms with Gasteiger partial charge in [-0.25, -0.2) is 4.68 Å². The van der Waals surface area contributed by atoms with Gasteiger partial charge >= 0.3 is 0 Å². The Morgan fingerprint density at radius 1 is 1.14 bits per heavy atom. The van der Waals surface area contributed by atoms with E-state index in [0.717, 1.165) is 12.0 Å². The van der Waals surface area contributed by atoms with Crippen LogP contribution in [0.2, 0.25) is 0 Å². The van der Waals surface area contributed by atoms with Crippen molar-refractivity contribution in [2.75, 3.05) is 6.54 Å². The Kier molecular flexibility index (Phi) is 6.08. The van der Waals surface area contributed by atoms with Crippen molar-refractivity contribution >= 4 is 16.7 Å². The quantitative estimate of drug-likeness (QED) is 0.641. The SMILES string of the molecule is CCCN(Cc1ccc(C#N)cc1)C(=O)c1nn(C(C)C)c(=O)c2ccccc12. The lowest BCUT2D eigenvalue weighted by Crippen LogP contribution is -2.35. The van der Waals surface area contributed by atoms with E-state index in [1.165, 1.54) is 4.68 Å². The fraction of sp³-hybridized carbons (Fsp3) is 0.304. The molecule has 0 aliphatic rings. The lowest BCUT2D eigenvalue weighted by atomic mass is 10.1. The van der Waals surface area contributed by atoms with Crippen LogP contribution in [-0.2, 0) is 6.54 Å². The minimum Gasteiger partial charge on any atom is -0.333 e. The molecule has 1 heterocycles. The molecule has 0 unspecified atom stereocenters. The summed E-state index contributed by atoms with van der Waals surface area (Å²) in [4.78, 5) is 27.9. The fourth-order valence-electron chi connectivity index (χ4n) is 3.29. The van der Waals surface area contributed by atoms with Crippen molar-refractivity contribution in [2.45, 2.75) is 39.8 Å². The summed E-state index contributed by atoms with van der Waals surface area (Å²) in [5, 5.41) is 14.5. The predicted molar refractivity (Wildman–Crippen MR) is 113 cm³/mol. The molecule has 0 aliphatic carbocycles. The summed E-state index contributed by atoms with van der Waals surface area (Å²) < 4.78 is 1.38. The number of amides is 1. The summed E-state index contributed by atoms with van der Waals surface area (Å²) in [6.45, 7) is 6.74. The summed E-state index contributed by atoms with van der Waals surface area (Å²) in [6, 6.07) is 16.3. The number of hydrogen-bond acceptors (Lipinski definition) is 4. The molecule has 2 aromatic carbocycles. The molecule has 29 heavy (non-hydrogen) atoms. The Morgan fingerprint density at radius 2 is 1.79 bits per heavy atom. The first-order valence-corrected chi connectivity index (χ1v) is 9.76. The second kappa shape index (κ2) is 8.70. The van der Waals surface area contributed by atoms with Gasteiger partial charge < -0.3 is 4.90 Å². The zero-order valence-electron chi connectivity index (χ0n) is 16.9. The van der Waals surface area contributed by atoms with Crippen LogP contribution in [0.25, 0.3) is 10.8 Å². The highest BCUT2D eigenvalue weighted by molar-refractivity contribution is 6.04. The first-order valence-electron chi connectivity index (χ1n) is 9.76. The monoisotopic (exact) mass is 388 g/mol. The zero-order valence-corrected chi connectivity index (χ0v) is 16.9. The van der Waals surface area contributed by atoms with Gasteiger partial charge in [-0.05, 0) is 44.0 Å². The molecular formula is C23H24N4O2. The van der Waals surface area contributed by atoms with E-state index in [9.17, 15) is 9.59 Å². The molecule has 0 saturated carbocycles. The highest BCUT2D eigenvalue weighted by Crippen LogP contribution is 2.18. The van der Waals surface area contributed by atoms with Crippen LogP contribution < -0.4 is 5.56 Å². The number of rotatable bonds is 6. The average Bonchev–Trinajstić information content (AvgIpc) is 2.73. The highest BCUT2D eigenvalue weighted by atomic mass is 16.2. The molecule has 0 bridgehead atoms. The molecule has 3 rings (SSSR count). The van der Waals surface area contributed by atoms with Crippen molar-refractivity contribution in [1.29, 1.82) is 5.26 Å². The van der Waals surface area contributed by atoms with Gasteiger partial charge in [0, 0.05) is 18.5 Å². The minimum absolute atomic E-state index is 0.156. The molecule has 6 nitrogen and oxygen atoms in total. The second-order valence-corrected chi connectivity index (χ2v) is 7.27. The van der Waals surface area contributed by atoms with Gasteiger partial charge in [-0.2, -0.15) is 10.4 Å². The van der Waals surface area contributed by atoms with E-state index in [0.29, 0.717) is 29.4 Å². The molecule has 0 atom stereocenters. The van der Waals surface area contributed by atoms with E-state index in [-0.39, 0.29) is 23.2 Å². The standard InChI is InChI=1S/C23H24N4O2/c1-4-13-26(15-18-11-9-17(14-24)10-12-18)23(29)21-19-7-5-6-8-20(19)22(28)27(25-21)16(2)3/h5-12,16H,4,13,15H2,1-3H3. The minimum atomic E-state index is -0.207. The number of aromatic nitrogens is 2. The summed E-state index contributed by atoms with van der Waals surface area (Å²) in [5.74, 6) is -0.207. The summed E-state index contributed by atoms with van der Waals surface area (Å²) >= 11 is 0. The van der Waals surface area contributed by atoms with Gasteiger partial charge in [-0.1, -0.05) is 37.3 Å². The number of benzene rings is 2. The summed E-state index contributed by atoms with van der Waals surface area (Å²) in [5.41, 5.74) is 1.61. The maximum atomic E-state index is 13.5. The molecule has 0 saturated heterocycles. The predicted octanol–water partition coefficient (Wildman–Crippen LogP) is 3.90. The third kappa shape index (κ3) is 4.19. The van der Waals surface area contributed by atoms with Crippen LogP contribution in [0.3, 0.4) is 0 Å². The topological polar surface area (TPSA) is 79.0 Å². The van der Waals surface area contributed by atoms with Crippen LogP contribution in [0.4, 0.5) is 0 Å². The van der Waals surface area contributed by atoms with Crippen LogP contribution in [-0.4, -0.2) is 27.1 Å². The second-order valence-electron chi connectivity index (χ2n) is 7.27. The molecule has 0 aliphatic heterocycles. The smallest absolute Gasteiger partial charge is 0.275 e. The Bertz CT molecular complexity index is 1120. The molecule has 3 aromatic rings. The first kappa shape index (κ1) is 20.3. The molecule has 148 valence electrons. The molecule has 1 aromatic heterocycles. The van der Waals surface area contributed by atoms with Crippen LogP contribution in [0.15, 0.2) is 53.3 Å². The number of carbonyl (C=O) groups excluding carboxylic acids is 1. The largest absolute Gasteiger partial charge is 0.333 e. The van der Waals surface area contributed by atoms with E-state index >= 15 is 0 Å². The Balaban J connectivity index is 2.05. The first-order chi connectivity index (χ1) is 14.0.